The standard InChI is InChI=1S/C13H18O2/c1-11-3-5-12(6-4-11)13(7-2-8-14)9-15-10-13/h3-6,14H,2,7-10H2,1H3. The number of hydrogen-bond donors (Lipinski definition) is 1. The van der Waals surface area contributed by atoms with Gasteiger partial charge in [0.2, 0.25) is 0 Å². The fourth-order valence-electron chi connectivity index (χ4n) is 2.13. The van der Waals surface area contributed by atoms with E-state index in [1.807, 2.05) is 0 Å². The summed E-state index contributed by atoms with van der Waals surface area (Å²) >= 11 is 0. The second-order valence-electron chi connectivity index (χ2n) is 4.47. The number of rotatable bonds is 4. The van der Waals surface area contributed by atoms with Crippen molar-refractivity contribution < 1.29 is 9.84 Å². The smallest absolute Gasteiger partial charge is 0.0585 e. The first kappa shape index (κ1) is 10.7. The highest BCUT2D eigenvalue weighted by atomic mass is 16.5. The van der Waals surface area contributed by atoms with Crippen LogP contribution in [-0.4, -0.2) is 24.9 Å². The molecular formula is C13H18O2. The third-order valence-corrected chi connectivity index (χ3v) is 3.23. The summed E-state index contributed by atoms with van der Waals surface area (Å²) in [5.74, 6) is 0. The molecule has 0 spiro atoms. The van der Waals surface area contributed by atoms with Crippen molar-refractivity contribution in [1.29, 1.82) is 0 Å². The van der Waals surface area contributed by atoms with Gasteiger partial charge in [0, 0.05) is 12.0 Å². The minimum Gasteiger partial charge on any atom is -0.396 e. The van der Waals surface area contributed by atoms with Gasteiger partial charge in [-0.15, -0.1) is 0 Å². The topological polar surface area (TPSA) is 29.5 Å². The Kier molecular flexibility index (Phi) is 3.08. The molecule has 1 aromatic carbocycles. The Morgan fingerprint density at radius 2 is 1.93 bits per heavy atom. The third-order valence-electron chi connectivity index (χ3n) is 3.23. The minimum absolute atomic E-state index is 0.177. The van der Waals surface area contributed by atoms with Crippen LogP contribution < -0.4 is 0 Å². The van der Waals surface area contributed by atoms with E-state index in [1.165, 1.54) is 11.1 Å². The van der Waals surface area contributed by atoms with Gasteiger partial charge in [-0.1, -0.05) is 29.8 Å². The van der Waals surface area contributed by atoms with Gasteiger partial charge in [-0.05, 0) is 25.3 Å². The Hall–Kier alpha value is -0.860. The van der Waals surface area contributed by atoms with Crippen LogP contribution in [0.25, 0.3) is 0 Å². The summed E-state index contributed by atoms with van der Waals surface area (Å²) in [7, 11) is 0. The zero-order valence-electron chi connectivity index (χ0n) is 9.20. The molecule has 1 saturated heterocycles. The summed E-state index contributed by atoms with van der Waals surface area (Å²) < 4.78 is 5.34. The van der Waals surface area contributed by atoms with Crippen LogP contribution in [0.3, 0.4) is 0 Å². The van der Waals surface area contributed by atoms with Crippen molar-refractivity contribution in [2.45, 2.75) is 25.2 Å². The van der Waals surface area contributed by atoms with Gasteiger partial charge < -0.3 is 9.84 Å². The second-order valence-corrected chi connectivity index (χ2v) is 4.47. The van der Waals surface area contributed by atoms with Crippen molar-refractivity contribution in [3.05, 3.63) is 35.4 Å². The summed E-state index contributed by atoms with van der Waals surface area (Å²) in [4.78, 5) is 0. The fourth-order valence-corrected chi connectivity index (χ4v) is 2.13. The van der Waals surface area contributed by atoms with Crippen molar-refractivity contribution in [2.24, 2.45) is 0 Å². The molecule has 1 fully saturated rings. The van der Waals surface area contributed by atoms with E-state index in [1.54, 1.807) is 0 Å². The van der Waals surface area contributed by atoms with E-state index in [2.05, 4.69) is 31.2 Å². The number of hydrogen-bond acceptors (Lipinski definition) is 2. The molecule has 2 rings (SSSR count). The highest BCUT2D eigenvalue weighted by Crippen LogP contribution is 2.36. The lowest BCUT2D eigenvalue weighted by molar-refractivity contribution is -0.0665. The summed E-state index contributed by atoms with van der Waals surface area (Å²) in [5, 5.41) is 8.90. The summed E-state index contributed by atoms with van der Waals surface area (Å²) in [5.41, 5.74) is 2.82. The first-order valence-electron chi connectivity index (χ1n) is 5.53. The lowest BCUT2D eigenvalue weighted by atomic mass is 9.75. The maximum Gasteiger partial charge on any atom is 0.0585 e. The van der Waals surface area contributed by atoms with Crippen molar-refractivity contribution in [3.8, 4) is 0 Å². The molecule has 0 unspecified atom stereocenters. The van der Waals surface area contributed by atoms with Crippen molar-refractivity contribution in [3.63, 3.8) is 0 Å². The van der Waals surface area contributed by atoms with Crippen LogP contribution in [0.5, 0.6) is 0 Å². The Bertz CT molecular complexity index is 312. The van der Waals surface area contributed by atoms with Crippen LogP contribution >= 0.6 is 0 Å². The quantitative estimate of drug-likeness (QED) is 0.817. The van der Waals surface area contributed by atoms with Gasteiger partial charge in [0.1, 0.15) is 0 Å². The molecule has 0 radical (unpaired) electrons. The van der Waals surface area contributed by atoms with E-state index in [-0.39, 0.29) is 12.0 Å². The Morgan fingerprint density at radius 1 is 1.27 bits per heavy atom. The number of aliphatic hydroxyl groups is 1. The summed E-state index contributed by atoms with van der Waals surface area (Å²) in [6.45, 7) is 3.97. The van der Waals surface area contributed by atoms with Crippen LogP contribution in [0.1, 0.15) is 24.0 Å². The van der Waals surface area contributed by atoms with Gasteiger partial charge >= 0.3 is 0 Å². The van der Waals surface area contributed by atoms with Gasteiger partial charge in [0.15, 0.2) is 0 Å². The fraction of sp³-hybridized carbons (Fsp3) is 0.538. The molecule has 2 heteroatoms. The second kappa shape index (κ2) is 4.33. The number of aliphatic hydroxyl groups excluding tert-OH is 1. The normalized spacial score (nSPS) is 18.5. The Morgan fingerprint density at radius 3 is 2.40 bits per heavy atom. The molecule has 0 atom stereocenters. The largest absolute Gasteiger partial charge is 0.396 e. The molecule has 0 aliphatic carbocycles. The van der Waals surface area contributed by atoms with Crippen molar-refractivity contribution in [1.82, 2.24) is 0 Å². The van der Waals surface area contributed by atoms with E-state index in [0.717, 1.165) is 26.1 Å². The van der Waals surface area contributed by atoms with Gasteiger partial charge in [0.25, 0.3) is 0 Å². The van der Waals surface area contributed by atoms with Crippen molar-refractivity contribution in [2.75, 3.05) is 19.8 Å². The predicted octanol–water partition coefficient (Wildman–Crippen LogP) is 2.04. The molecule has 0 bridgehead atoms. The maximum atomic E-state index is 8.90. The van der Waals surface area contributed by atoms with Gasteiger partial charge in [-0.3, -0.25) is 0 Å². The first-order chi connectivity index (χ1) is 7.27. The van der Waals surface area contributed by atoms with E-state index < -0.39 is 0 Å². The molecule has 82 valence electrons. The van der Waals surface area contributed by atoms with E-state index in [0.29, 0.717) is 0 Å². The summed E-state index contributed by atoms with van der Waals surface area (Å²) in [6, 6.07) is 8.67. The molecule has 1 aromatic rings. The molecule has 0 aromatic heterocycles. The number of ether oxygens (including phenoxy) is 1. The molecule has 15 heavy (non-hydrogen) atoms. The SMILES string of the molecule is Cc1ccc(C2(CCCO)COC2)cc1. The lowest BCUT2D eigenvalue weighted by Crippen LogP contribution is -2.46. The molecule has 1 N–H and O–H groups in total. The number of aryl methyl sites for hydroxylation is 1. The maximum absolute atomic E-state index is 8.90. The highest BCUT2D eigenvalue weighted by molar-refractivity contribution is 5.30. The van der Waals surface area contributed by atoms with E-state index in [9.17, 15) is 0 Å². The molecule has 2 nitrogen and oxygen atoms in total. The average molecular weight is 206 g/mol. The van der Waals surface area contributed by atoms with Crippen LogP contribution in [0.2, 0.25) is 0 Å². The van der Waals surface area contributed by atoms with Crippen LogP contribution in [-0.2, 0) is 10.2 Å². The van der Waals surface area contributed by atoms with Gasteiger partial charge in [-0.2, -0.15) is 0 Å². The summed E-state index contributed by atoms with van der Waals surface area (Å²) in [6.07, 6.45) is 1.88. The highest BCUT2D eigenvalue weighted by Gasteiger charge is 2.39. The van der Waals surface area contributed by atoms with Gasteiger partial charge in [-0.25, -0.2) is 0 Å². The van der Waals surface area contributed by atoms with Crippen LogP contribution in [0.15, 0.2) is 24.3 Å². The minimum atomic E-state index is 0.177. The van der Waals surface area contributed by atoms with Crippen molar-refractivity contribution >= 4 is 0 Å². The van der Waals surface area contributed by atoms with E-state index in [4.69, 9.17) is 9.84 Å². The Labute approximate surface area is 90.9 Å². The molecule has 1 aliphatic rings. The molecule has 1 aliphatic heterocycles. The molecule has 1 heterocycles. The zero-order chi connectivity index (χ0) is 10.7. The Balaban J connectivity index is 2.14. The monoisotopic (exact) mass is 206 g/mol. The molecule has 0 amide bonds. The molecule has 0 saturated carbocycles. The predicted molar refractivity (Wildman–Crippen MR) is 60.0 cm³/mol. The first-order valence-corrected chi connectivity index (χ1v) is 5.53. The van der Waals surface area contributed by atoms with Crippen LogP contribution in [0.4, 0.5) is 0 Å². The van der Waals surface area contributed by atoms with E-state index >= 15 is 0 Å². The number of benzene rings is 1. The molecular weight excluding hydrogens is 188 g/mol. The van der Waals surface area contributed by atoms with Gasteiger partial charge in [0.05, 0.1) is 13.2 Å². The lowest BCUT2D eigenvalue weighted by Gasteiger charge is -2.42. The zero-order valence-corrected chi connectivity index (χ0v) is 9.20. The van der Waals surface area contributed by atoms with Crippen LogP contribution in [0, 0.1) is 6.92 Å². The average Bonchev–Trinajstić information content (AvgIpc) is 2.19. The third kappa shape index (κ3) is 2.06.